The minimum absolute atomic E-state index is 0.128. The molecule has 1 aromatic carbocycles. The Hall–Kier alpha value is -1.42. The molecule has 0 bridgehead atoms. The van der Waals surface area contributed by atoms with Crippen molar-refractivity contribution in [1.29, 1.82) is 0 Å². The van der Waals surface area contributed by atoms with Crippen LogP contribution >= 0.6 is 0 Å². The fraction of sp³-hybridized carbons (Fsp3) is 0.562. The molecule has 4 heteroatoms. The van der Waals surface area contributed by atoms with Crippen molar-refractivity contribution in [2.75, 3.05) is 26.7 Å². The number of hydrogen-bond donors (Lipinski definition) is 1. The summed E-state index contributed by atoms with van der Waals surface area (Å²) in [5.74, 6) is 0.392. The van der Waals surface area contributed by atoms with Gasteiger partial charge in [0, 0.05) is 13.1 Å². The van der Waals surface area contributed by atoms with Crippen LogP contribution in [-0.4, -0.2) is 37.5 Å². The van der Waals surface area contributed by atoms with Gasteiger partial charge in [-0.25, -0.2) is 4.39 Å². The van der Waals surface area contributed by atoms with E-state index < -0.39 is 5.41 Å². The lowest BCUT2D eigenvalue weighted by Gasteiger charge is -2.30. The lowest BCUT2D eigenvalue weighted by molar-refractivity contribution is -0.135. The van der Waals surface area contributed by atoms with Crippen LogP contribution in [-0.2, 0) is 10.2 Å². The van der Waals surface area contributed by atoms with Gasteiger partial charge < -0.3 is 10.2 Å². The summed E-state index contributed by atoms with van der Waals surface area (Å²) in [5.41, 5.74) is 0.253. The molecular weight excluding hydrogens is 255 g/mol. The Morgan fingerprint density at radius 3 is 2.65 bits per heavy atom. The van der Waals surface area contributed by atoms with Gasteiger partial charge in [-0.3, -0.25) is 4.79 Å². The lowest BCUT2D eigenvalue weighted by atomic mass is 9.83. The number of carbonyl (C=O) groups excluding carboxylic acids is 1. The number of likely N-dealkylation sites (tertiary alicyclic amines) is 1. The first-order chi connectivity index (χ1) is 9.45. The molecule has 2 rings (SSSR count). The number of rotatable bonds is 4. The van der Waals surface area contributed by atoms with Gasteiger partial charge in [-0.1, -0.05) is 12.1 Å². The number of hydrogen-bond acceptors (Lipinski definition) is 2. The third-order valence-electron chi connectivity index (χ3n) is 4.17. The molecule has 3 nitrogen and oxygen atoms in total. The molecule has 0 saturated carbocycles. The van der Waals surface area contributed by atoms with Crippen LogP contribution in [0.2, 0.25) is 0 Å². The molecule has 0 aromatic heterocycles. The highest BCUT2D eigenvalue weighted by Crippen LogP contribution is 2.28. The van der Waals surface area contributed by atoms with Gasteiger partial charge in [-0.15, -0.1) is 0 Å². The third kappa shape index (κ3) is 3.01. The van der Waals surface area contributed by atoms with Gasteiger partial charge >= 0.3 is 0 Å². The van der Waals surface area contributed by atoms with Crippen molar-refractivity contribution in [2.45, 2.75) is 25.7 Å². The van der Waals surface area contributed by atoms with Gasteiger partial charge in [0.2, 0.25) is 5.91 Å². The topological polar surface area (TPSA) is 32.3 Å². The number of carbonyl (C=O) groups is 1. The zero-order valence-electron chi connectivity index (χ0n) is 12.4. The predicted octanol–water partition coefficient (Wildman–Crippen LogP) is 2.17. The van der Waals surface area contributed by atoms with E-state index in [2.05, 4.69) is 5.32 Å². The van der Waals surface area contributed by atoms with E-state index in [-0.39, 0.29) is 11.7 Å². The van der Waals surface area contributed by atoms with Crippen LogP contribution in [0.15, 0.2) is 24.3 Å². The summed E-state index contributed by atoms with van der Waals surface area (Å²) in [6.45, 7) is 6.39. The van der Waals surface area contributed by atoms with E-state index in [1.54, 1.807) is 12.1 Å². The summed E-state index contributed by atoms with van der Waals surface area (Å²) < 4.78 is 13.0. The van der Waals surface area contributed by atoms with Crippen LogP contribution < -0.4 is 5.32 Å². The maximum Gasteiger partial charge on any atom is 0.232 e. The Balaban J connectivity index is 2.09. The second-order valence-corrected chi connectivity index (χ2v) is 6.10. The maximum atomic E-state index is 13.0. The summed E-state index contributed by atoms with van der Waals surface area (Å²) in [6.07, 6.45) is 1.05. The number of amides is 1. The van der Waals surface area contributed by atoms with Gasteiger partial charge in [0.25, 0.3) is 0 Å². The molecule has 0 aliphatic carbocycles. The van der Waals surface area contributed by atoms with Crippen molar-refractivity contribution in [3.8, 4) is 0 Å². The molecule has 20 heavy (non-hydrogen) atoms. The zero-order chi connectivity index (χ0) is 14.8. The molecule has 1 aromatic rings. The van der Waals surface area contributed by atoms with Crippen LogP contribution in [0.3, 0.4) is 0 Å². The molecule has 0 spiro atoms. The second kappa shape index (κ2) is 5.92. The molecular formula is C16H23FN2O. The monoisotopic (exact) mass is 278 g/mol. The summed E-state index contributed by atoms with van der Waals surface area (Å²) in [6, 6.07) is 6.24. The molecule has 1 fully saturated rings. The van der Waals surface area contributed by atoms with E-state index in [1.165, 1.54) is 12.1 Å². The number of benzene rings is 1. The van der Waals surface area contributed by atoms with E-state index >= 15 is 0 Å². The molecule has 1 amide bonds. The molecule has 1 heterocycles. The molecule has 1 atom stereocenters. The second-order valence-electron chi connectivity index (χ2n) is 6.10. The Morgan fingerprint density at radius 2 is 2.05 bits per heavy atom. The standard InChI is InChI=1S/C16H23FN2O/c1-16(2,13-4-6-14(17)7-5-13)15(20)19-9-8-12(11-19)10-18-3/h4-7,12,18H,8-11H2,1-3H3. The highest BCUT2D eigenvalue weighted by atomic mass is 19.1. The van der Waals surface area contributed by atoms with Crippen molar-refractivity contribution in [3.05, 3.63) is 35.6 Å². The normalized spacial score (nSPS) is 19.4. The highest BCUT2D eigenvalue weighted by Gasteiger charge is 2.36. The quantitative estimate of drug-likeness (QED) is 0.915. The largest absolute Gasteiger partial charge is 0.342 e. The van der Waals surface area contributed by atoms with Crippen LogP contribution in [0.4, 0.5) is 4.39 Å². The summed E-state index contributed by atoms with van der Waals surface area (Å²) in [7, 11) is 1.94. The molecule has 1 saturated heterocycles. The van der Waals surface area contributed by atoms with Crippen LogP contribution in [0.1, 0.15) is 25.8 Å². The summed E-state index contributed by atoms with van der Waals surface area (Å²) in [5, 5.41) is 3.17. The number of nitrogens with one attached hydrogen (secondary N) is 1. The lowest BCUT2D eigenvalue weighted by Crippen LogP contribution is -2.42. The first kappa shape index (κ1) is 15.0. The number of halogens is 1. The smallest absolute Gasteiger partial charge is 0.232 e. The Bertz CT molecular complexity index is 470. The summed E-state index contributed by atoms with van der Waals surface area (Å²) >= 11 is 0. The van der Waals surface area contributed by atoms with Crippen molar-refractivity contribution >= 4 is 5.91 Å². The molecule has 110 valence electrons. The van der Waals surface area contributed by atoms with Crippen molar-refractivity contribution in [3.63, 3.8) is 0 Å². The molecule has 1 aliphatic heterocycles. The van der Waals surface area contributed by atoms with Gasteiger partial charge in [-0.2, -0.15) is 0 Å². The van der Waals surface area contributed by atoms with Gasteiger partial charge in [0.1, 0.15) is 5.82 Å². The molecule has 1 unspecified atom stereocenters. The van der Waals surface area contributed by atoms with Crippen molar-refractivity contribution in [1.82, 2.24) is 10.2 Å². The maximum absolute atomic E-state index is 13.0. The third-order valence-corrected chi connectivity index (χ3v) is 4.17. The Labute approximate surface area is 120 Å². The molecule has 1 aliphatic rings. The minimum atomic E-state index is -0.609. The SMILES string of the molecule is CNCC1CCN(C(=O)C(C)(C)c2ccc(F)cc2)C1. The van der Waals surface area contributed by atoms with E-state index in [1.807, 2.05) is 25.8 Å². The van der Waals surface area contributed by atoms with E-state index in [0.717, 1.165) is 31.6 Å². The van der Waals surface area contributed by atoms with Gasteiger partial charge in [-0.05, 0) is 57.5 Å². The number of nitrogens with zero attached hydrogens (tertiary/aromatic N) is 1. The molecule has 1 N–H and O–H groups in total. The van der Waals surface area contributed by atoms with Gasteiger partial charge in [0.15, 0.2) is 0 Å². The van der Waals surface area contributed by atoms with Gasteiger partial charge in [0.05, 0.1) is 5.41 Å². The Morgan fingerprint density at radius 1 is 1.40 bits per heavy atom. The fourth-order valence-corrected chi connectivity index (χ4v) is 2.86. The van der Waals surface area contributed by atoms with Crippen LogP contribution in [0.5, 0.6) is 0 Å². The van der Waals surface area contributed by atoms with E-state index in [4.69, 9.17) is 0 Å². The first-order valence-corrected chi connectivity index (χ1v) is 7.15. The van der Waals surface area contributed by atoms with Crippen LogP contribution in [0.25, 0.3) is 0 Å². The predicted molar refractivity (Wildman–Crippen MR) is 78.0 cm³/mol. The van der Waals surface area contributed by atoms with E-state index in [9.17, 15) is 9.18 Å². The average Bonchev–Trinajstić information content (AvgIpc) is 2.87. The minimum Gasteiger partial charge on any atom is -0.342 e. The highest BCUT2D eigenvalue weighted by molar-refractivity contribution is 5.87. The Kier molecular flexibility index (Phi) is 4.43. The summed E-state index contributed by atoms with van der Waals surface area (Å²) in [4.78, 5) is 14.6. The van der Waals surface area contributed by atoms with E-state index in [0.29, 0.717) is 5.92 Å². The fourth-order valence-electron chi connectivity index (χ4n) is 2.86. The van der Waals surface area contributed by atoms with Crippen molar-refractivity contribution in [2.24, 2.45) is 5.92 Å². The molecule has 0 radical (unpaired) electrons. The average molecular weight is 278 g/mol. The van der Waals surface area contributed by atoms with Crippen molar-refractivity contribution < 1.29 is 9.18 Å². The zero-order valence-corrected chi connectivity index (χ0v) is 12.4. The first-order valence-electron chi connectivity index (χ1n) is 7.15. The van der Waals surface area contributed by atoms with Crippen LogP contribution in [0, 0.1) is 11.7 Å².